The molecule has 2 aromatic carbocycles. The van der Waals surface area contributed by atoms with Crippen LogP contribution < -0.4 is 5.32 Å². The number of urea groups is 1. The van der Waals surface area contributed by atoms with Crippen LogP contribution in [0, 0.1) is 19.7 Å². The summed E-state index contributed by atoms with van der Waals surface area (Å²) in [4.78, 5) is 14.5. The molecule has 0 aliphatic carbocycles. The van der Waals surface area contributed by atoms with Crippen molar-refractivity contribution >= 4 is 22.6 Å². The van der Waals surface area contributed by atoms with E-state index in [1.165, 1.54) is 17.3 Å². The van der Waals surface area contributed by atoms with Crippen LogP contribution in [0.4, 0.5) is 14.9 Å². The van der Waals surface area contributed by atoms with Crippen LogP contribution in [0.2, 0.25) is 0 Å². The van der Waals surface area contributed by atoms with Gasteiger partial charge in [0.2, 0.25) is 0 Å². The first-order valence-electron chi connectivity index (χ1n) is 8.83. The largest absolute Gasteiger partial charge is 0.347 e. The third-order valence-electron chi connectivity index (χ3n) is 5.41. The predicted octanol–water partition coefficient (Wildman–Crippen LogP) is 4.52. The topological polar surface area (TPSA) is 37.3 Å². The lowest BCUT2D eigenvalue weighted by molar-refractivity contribution is 0.206. The smallest absolute Gasteiger partial charge is 0.322 e. The van der Waals surface area contributed by atoms with Gasteiger partial charge in [-0.1, -0.05) is 6.07 Å². The van der Waals surface area contributed by atoms with E-state index in [-0.39, 0.29) is 11.8 Å². The average molecular weight is 351 g/mol. The van der Waals surface area contributed by atoms with E-state index >= 15 is 0 Å². The van der Waals surface area contributed by atoms with E-state index in [2.05, 4.69) is 9.88 Å². The fraction of sp³-hybridized carbons (Fsp3) is 0.286. The number of aromatic nitrogens is 1. The van der Waals surface area contributed by atoms with Crippen LogP contribution in [0.15, 0.2) is 36.4 Å². The monoisotopic (exact) mass is 351 g/mol. The second-order valence-electron chi connectivity index (χ2n) is 7.05. The fourth-order valence-corrected chi connectivity index (χ4v) is 3.75. The Balaban J connectivity index is 1.60. The van der Waals surface area contributed by atoms with Gasteiger partial charge in [0.05, 0.1) is 0 Å². The summed E-state index contributed by atoms with van der Waals surface area (Å²) < 4.78 is 15.8. The molecule has 0 fully saturated rings. The Hall–Kier alpha value is -2.82. The lowest BCUT2D eigenvalue weighted by Gasteiger charge is -2.28. The minimum absolute atomic E-state index is 0.118. The normalized spacial score (nSPS) is 13.8. The second-order valence-corrected chi connectivity index (χ2v) is 7.05. The summed E-state index contributed by atoms with van der Waals surface area (Å²) in [6.07, 6.45) is 0.766. The number of amides is 2. The number of rotatable bonds is 1. The van der Waals surface area contributed by atoms with E-state index in [1.54, 1.807) is 11.0 Å². The van der Waals surface area contributed by atoms with Crippen molar-refractivity contribution in [2.45, 2.75) is 26.8 Å². The molecule has 2 amide bonds. The summed E-state index contributed by atoms with van der Waals surface area (Å²) >= 11 is 0. The molecule has 0 atom stereocenters. The minimum atomic E-state index is -0.248. The molecule has 4 rings (SSSR count). The van der Waals surface area contributed by atoms with Gasteiger partial charge in [-0.2, -0.15) is 0 Å². The molecule has 5 heteroatoms. The number of carbonyl (C=O) groups is 1. The molecule has 0 bridgehead atoms. The average Bonchev–Trinajstić information content (AvgIpc) is 2.90. The molecule has 2 heterocycles. The number of anilines is 1. The molecule has 4 nitrogen and oxygen atoms in total. The summed E-state index contributed by atoms with van der Waals surface area (Å²) in [6, 6.07) is 10.7. The zero-order valence-corrected chi connectivity index (χ0v) is 15.3. The number of halogens is 1. The predicted molar refractivity (Wildman–Crippen MR) is 102 cm³/mol. The summed E-state index contributed by atoms with van der Waals surface area (Å²) in [7, 11) is 2.00. The van der Waals surface area contributed by atoms with Crippen molar-refractivity contribution in [1.29, 1.82) is 0 Å². The van der Waals surface area contributed by atoms with Crippen molar-refractivity contribution < 1.29 is 9.18 Å². The van der Waals surface area contributed by atoms with Gasteiger partial charge >= 0.3 is 6.03 Å². The first-order valence-corrected chi connectivity index (χ1v) is 8.83. The lowest BCUT2D eigenvalue weighted by Crippen LogP contribution is -2.39. The van der Waals surface area contributed by atoms with Crippen molar-refractivity contribution in [3.05, 3.63) is 64.6 Å². The van der Waals surface area contributed by atoms with Gasteiger partial charge in [-0.05, 0) is 55.3 Å². The van der Waals surface area contributed by atoms with Gasteiger partial charge in [0, 0.05) is 54.4 Å². The van der Waals surface area contributed by atoms with Crippen molar-refractivity contribution in [1.82, 2.24) is 9.47 Å². The van der Waals surface area contributed by atoms with E-state index in [1.807, 2.05) is 45.2 Å². The fourth-order valence-electron chi connectivity index (χ4n) is 3.75. The maximum atomic E-state index is 13.7. The highest BCUT2D eigenvalue weighted by molar-refractivity contribution is 5.91. The number of hydrogen-bond acceptors (Lipinski definition) is 1. The number of nitrogens with zero attached hydrogens (tertiary/aromatic N) is 2. The van der Waals surface area contributed by atoms with E-state index in [0.29, 0.717) is 13.1 Å². The van der Waals surface area contributed by atoms with Crippen LogP contribution in [0.25, 0.3) is 10.9 Å². The molecule has 1 aliphatic heterocycles. The molecular formula is C21H22FN3O. The molecular weight excluding hydrogens is 329 g/mol. The van der Waals surface area contributed by atoms with E-state index < -0.39 is 0 Å². The van der Waals surface area contributed by atoms with Crippen molar-refractivity contribution in [3.63, 3.8) is 0 Å². The molecule has 0 unspecified atom stereocenters. The third kappa shape index (κ3) is 2.73. The molecule has 1 aromatic heterocycles. The Kier molecular flexibility index (Phi) is 3.94. The SMILES string of the molecule is Cc1ccc(NC(=O)N2CCc3c(c4cc(F)ccc4n3C)C2)cc1C. The van der Waals surface area contributed by atoms with E-state index in [9.17, 15) is 9.18 Å². The maximum absolute atomic E-state index is 13.7. The number of hydrogen-bond donors (Lipinski definition) is 1. The van der Waals surface area contributed by atoms with Gasteiger partial charge in [0.1, 0.15) is 5.82 Å². The number of benzene rings is 2. The molecule has 0 saturated carbocycles. The Morgan fingerprint density at radius 3 is 2.69 bits per heavy atom. The number of fused-ring (bicyclic) bond motifs is 3. The van der Waals surface area contributed by atoms with Gasteiger partial charge < -0.3 is 14.8 Å². The van der Waals surface area contributed by atoms with E-state index in [4.69, 9.17) is 0 Å². The highest BCUT2D eigenvalue weighted by Gasteiger charge is 2.26. The van der Waals surface area contributed by atoms with Crippen LogP contribution in [-0.2, 0) is 20.0 Å². The molecule has 134 valence electrons. The minimum Gasteiger partial charge on any atom is -0.347 e. The first-order chi connectivity index (χ1) is 12.4. The molecule has 0 radical (unpaired) electrons. The Labute approximate surface area is 152 Å². The Bertz CT molecular complexity index is 1020. The molecule has 26 heavy (non-hydrogen) atoms. The van der Waals surface area contributed by atoms with Crippen molar-refractivity contribution in [2.75, 3.05) is 11.9 Å². The van der Waals surface area contributed by atoms with Crippen molar-refractivity contribution in [2.24, 2.45) is 7.05 Å². The Morgan fingerprint density at radius 2 is 1.92 bits per heavy atom. The number of nitrogens with one attached hydrogen (secondary N) is 1. The maximum Gasteiger partial charge on any atom is 0.322 e. The van der Waals surface area contributed by atoms with Gasteiger partial charge in [-0.15, -0.1) is 0 Å². The summed E-state index contributed by atoms with van der Waals surface area (Å²) in [5.41, 5.74) is 6.38. The number of carbonyl (C=O) groups excluding carboxylic acids is 1. The molecule has 1 aliphatic rings. The zero-order valence-electron chi connectivity index (χ0n) is 15.3. The van der Waals surface area contributed by atoms with Crippen LogP contribution >= 0.6 is 0 Å². The number of aryl methyl sites for hydroxylation is 3. The Morgan fingerprint density at radius 1 is 1.12 bits per heavy atom. The van der Waals surface area contributed by atoms with Crippen molar-refractivity contribution in [3.8, 4) is 0 Å². The van der Waals surface area contributed by atoms with Gasteiger partial charge in [-0.3, -0.25) is 0 Å². The van der Waals surface area contributed by atoms with Crippen LogP contribution in [0.3, 0.4) is 0 Å². The molecule has 0 spiro atoms. The summed E-state index contributed by atoms with van der Waals surface area (Å²) in [5.74, 6) is -0.248. The zero-order chi connectivity index (χ0) is 18.4. The van der Waals surface area contributed by atoms with Crippen LogP contribution in [-0.4, -0.2) is 22.0 Å². The third-order valence-corrected chi connectivity index (χ3v) is 5.41. The standard InChI is InChI=1S/C21H22FN3O/c1-13-4-6-16(10-14(13)2)23-21(26)25-9-8-20-18(12-25)17-11-15(22)5-7-19(17)24(20)3/h4-7,10-11H,8-9,12H2,1-3H3,(H,23,26). The van der Waals surface area contributed by atoms with Gasteiger partial charge in [0.15, 0.2) is 0 Å². The summed E-state index contributed by atoms with van der Waals surface area (Å²) in [5, 5.41) is 3.88. The van der Waals surface area contributed by atoms with Crippen LogP contribution in [0.1, 0.15) is 22.4 Å². The highest BCUT2D eigenvalue weighted by Crippen LogP contribution is 2.31. The van der Waals surface area contributed by atoms with Gasteiger partial charge in [-0.25, -0.2) is 9.18 Å². The highest BCUT2D eigenvalue weighted by atomic mass is 19.1. The first kappa shape index (κ1) is 16.6. The lowest BCUT2D eigenvalue weighted by atomic mass is 10.0. The van der Waals surface area contributed by atoms with E-state index in [0.717, 1.165) is 34.1 Å². The summed E-state index contributed by atoms with van der Waals surface area (Å²) in [6.45, 7) is 5.22. The second kappa shape index (κ2) is 6.16. The molecule has 0 saturated heterocycles. The van der Waals surface area contributed by atoms with Gasteiger partial charge in [0.25, 0.3) is 0 Å². The van der Waals surface area contributed by atoms with Crippen LogP contribution in [0.5, 0.6) is 0 Å². The molecule has 1 N–H and O–H groups in total. The molecule has 3 aromatic rings. The quantitative estimate of drug-likeness (QED) is 0.687.